The summed E-state index contributed by atoms with van der Waals surface area (Å²) in [6, 6.07) is 17.7. The molecule has 1 fully saturated rings. The van der Waals surface area contributed by atoms with E-state index in [0.717, 1.165) is 5.56 Å². The summed E-state index contributed by atoms with van der Waals surface area (Å²) in [5.41, 5.74) is 1.94. The molecular formula is C21H22N4O4S. The average molecular weight is 426 g/mol. The van der Waals surface area contributed by atoms with Gasteiger partial charge in [-0.1, -0.05) is 42.5 Å². The van der Waals surface area contributed by atoms with E-state index in [4.69, 9.17) is 4.74 Å². The predicted molar refractivity (Wildman–Crippen MR) is 114 cm³/mol. The van der Waals surface area contributed by atoms with Crippen molar-refractivity contribution in [2.75, 3.05) is 38.2 Å². The Morgan fingerprint density at radius 3 is 2.33 bits per heavy atom. The fourth-order valence-electron chi connectivity index (χ4n) is 3.58. The molecule has 0 amide bonds. The van der Waals surface area contributed by atoms with Crippen LogP contribution in [0.1, 0.15) is 0 Å². The van der Waals surface area contributed by atoms with Crippen molar-refractivity contribution in [1.29, 1.82) is 0 Å². The van der Waals surface area contributed by atoms with Gasteiger partial charge in [-0.15, -0.1) is 0 Å². The third-order valence-electron chi connectivity index (χ3n) is 5.10. The first kappa shape index (κ1) is 20.1. The fraction of sp³-hybridized carbons (Fsp3) is 0.238. The summed E-state index contributed by atoms with van der Waals surface area (Å²) >= 11 is 0. The molecule has 3 aromatic rings. The van der Waals surface area contributed by atoms with Crippen LogP contribution in [0.2, 0.25) is 0 Å². The van der Waals surface area contributed by atoms with Gasteiger partial charge in [-0.05, 0) is 12.1 Å². The smallest absolute Gasteiger partial charge is 0.266 e. The number of para-hydroxylation sites is 1. The van der Waals surface area contributed by atoms with Gasteiger partial charge in [0.25, 0.3) is 5.56 Å². The van der Waals surface area contributed by atoms with Gasteiger partial charge in [0.2, 0.25) is 10.0 Å². The molecule has 4 rings (SSSR count). The molecule has 9 heteroatoms. The lowest BCUT2D eigenvalue weighted by Gasteiger charge is -2.36. The first-order valence-electron chi connectivity index (χ1n) is 9.54. The zero-order valence-corrected chi connectivity index (χ0v) is 17.3. The number of rotatable bonds is 5. The van der Waals surface area contributed by atoms with Crippen molar-refractivity contribution < 1.29 is 13.2 Å². The van der Waals surface area contributed by atoms with Crippen LogP contribution in [0.15, 0.2) is 70.4 Å². The van der Waals surface area contributed by atoms with Crippen molar-refractivity contribution in [1.82, 2.24) is 14.5 Å². The molecule has 1 saturated heterocycles. The van der Waals surface area contributed by atoms with Crippen LogP contribution in [-0.2, 0) is 10.0 Å². The third kappa shape index (κ3) is 3.81. The standard InChI is InChI=1S/C21H22N4O4S/c1-29-18-9-5-6-10-19(18)30(27,28)25-13-11-24(12-14-25)17-15-20(26)22-23-21(17)16-7-3-2-4-8-16/h2-10,15H,11-14H2,1H3,(H,22,26). The van der Waals surface area contributed by atoms with Crippen LogP contribution in [0, 0.1) is 0 Å². The molecule has 2 aromatic carbocycles. The molecule has 0 atom stereocenters. The minimum absolute atomic E-state index is 0.156. The van der Waals surface area contributed by atoms with Crippen LogP contribution < -0.4 is 15.2 Å². The number of hydrogen-bond acceptors (Lipinski definition) is 6. The van der Waals surface area contributed by atoms with Gasteiger partial charge in [-0.25, -0.2) is 13.5 Å². The van der Waals surface area contributed by atoms with Gasteiger partial charge in [0.05, 0.1) is 12.8 Å². The molecule has 1 aliphatic rings. The molecule has 0 unspecified atom stereocenters. The maximum absolute atomic E-state index is 13.1. The fourth-order valence-corrected chi connectivity index (χ4v) is 5.16. The van der Waals surface area contributed by atoms with E-state index in [9.17, 15) is 13.2 Å². The number of hydrogen-bond donors (Lipinski definition) is 1. The molecule has 8 nitrogen and oxygen atoms in total. The molecule has 156 valence electrons. The lowest BCUT2D eigenvalue weighted by atomic mass is 10.1. The molecule has 1 aromatic heterocycles. The third-order valence-corrected chi connectivity index (χ3v) is 7.04. The highest BCUT2D eigenvalue weighted by atomic mass is 32.2. The quantitative estimate of drug-likeness (QED) is 0.670. The van der Waals surface area contributed by atoms with Gasteiger partial charge < -0.3 is 9.64 Å². The van der Waals surface area contributed by atoms with Crippen LogP contribution in [-0.4, -0.2) is 56.2 Å². The van der Waals surface area contributed by atoms with E-state index in [-0.39, 0.29) is 10.5 Å². The monoisotopic (exact) mass is 426 g/mol. The number of H-pyrrole nitrogens is 1. The number of aromatic amines is 1. The van der Waals surface area contributed by atoms with Gasteiger partial charge in [-0.2, -0.15) is 9.40 Å². The van der Waals surface area contributed by atoms with Gasteiger partial charge in [0.1, 0.15) is 16.3 Å². The van der Waals surface area contributed by atoms with Crippen LogP contribution in [0.25, 0.3) is 11.3 Å². The number of anilines is 1. The number of nitrogens with zero attached hydrogens (tertiary/aromatic N) is 3. The minimum atomic E-state index is -3.68. The number of ether oxygens (including phenoxy) is 1. The highest BCUT2D eigenvalue weighted by molar-refractivity contribution is 7.89. The van der Waals surface area contributed by atoms with Crippen LogP contribution in [0.3, 0.4) is 0 Å². The van der Waals surface area contributed by atoms with E-state index < -0.39 is 10.0 Å². The Hall–Kier alpha value is -3.17. The zero-order valence-electron chi connectivity index (χ0n) is 16.5. The van der Waals surface area contributed by atoms with Gasteiger partial charge >= 0.3 is 0 Å². The number of nitrogens with one attached hydrogen (secondary N) is 1. The van der Waals surface area contributed by atoms with Crippen LogP contribution >= 0.6 is 0 Å². The van der Waals surface area contributed by atoms with Crippen molar-refractivity contribution in [2.24, 2.45) is 0 Å². The van der Waals surface area contributed by atoms with Crippen LogP contribution in [0.5, 0.6) is 5.75 Å². The molecule has 0 bridgehead atoms. The molecular weight excluding hydrogens is 404 g/mol. The maximum Gasteiger partial charge on any atom is 0.266 e. The molecule has 0 radical (unpaired) electrons. The average Bonchev–Trinajstić information content (AvgIpc) is 2.79. The maximum atomic E-state index is 13.1. The summed E-state index contributed by atoms with van der Waals surface area (Å²) in [7, 11) is -2.23. The summed E-state index contributed by atoms with van der Waals surface area (Å²) in [4.78, 5) is 14.1. The minimum Gasteiger partial charge on any atom is -0.495 e. The van der Waals surface area contributed by atoms with E-state index in [2.05, 4.69) is 10.2 Å². The van der Waals surface area contributed by atoms with Crippen molar-refractivity contribution in [3.63, 3.8) is 0 Å². The molecule has 0 aliphatic carbocycles. The SMILES string of the molecule is COc1ccccc1S(=O)(=O)N1CCN(c2cc(=O)[nH]nc2-c2ccccc2)CC1. The molecule has 1 aliphatic heterocycles. The Bertz CT molecular complexity index is 1190. The first-order valence-corrected chi connectivity index (χ1v) is 11.0. The number of aromatic nitrogens is 2. The number of piperazine rings is 1. The molecule has 30 heavy (non-hydrogen) atoms. The van der Waals surface area contributed by atoms with Crippen molar-refractivity contribution in [2.45, 2.75) is 4.90 Å². The number of methoxy groups -OCH3 is 1. The van der Waals surface area contributed by atoms with Crippen molar-refractivity contribution >= 4 is 15.7 Å². The Labute approximate surface area is 174 Å². The van der Waals surface area contributed by atoms with Crippen molar-refractivity contribution in [3.8, 4) is 17.0 Å². The lowest BCUT2D eigenvalue weighted by molar-refractivity contribution is 0.374. The number of benzene rings is 2. The Morgan fingerprint density at radius 2 is 1.63 bits per heavy atom. The summed E-state index contributed by atoms with van der Waals surface area (Å²) in [6.07, 6.45) is 0. The second kappa shape index (κ2) is 8.29. The first-order chi connectivity index (χ1) is 14.5. The highest BCUT2D eigenvalue weighted by Gasteiger charge is 2.31. The summed E-state index contributed by atoms with van der Waals surface area (Å²) in [6.45, 7) is 1.47. The summed E-state index contributed by atoms with van der Waals surface area (Å²) in [5.74, 6) is 0.324. The second-order valence-corrected chi connectivity index (χ2v) is 8.78. The molecule has 0 saturated carbocycles. The van der Waals surface area contributed by atoms with E-state index in [1.807, 2.05) is 35.2 Å². The van der Waals surface area contributed by atoms with Crippen LogP contribution in [0.4, 0.5) is 5.69 Å². The summed E-state index contributed by atoms with van der Waals surface area (Å²) in [5, 5.41) is 6.73. The molecule has 0 spiro atoms. The summed E-state index contributed by atoms with van der Waals surface area (Å²) < 4.78 is 32.9. The van der Waals surface area contributed by atoms with Gasteiger partial charge in [0, 0.05) is 37.8 Å². The zero-order chi connectivity index (χ0) is 21.1. The highest BCUT2D eigenvalue weighted by Crippen LogP contribution is 2.30. The van der Waals surface area contributed by atoms with E-state index in [0.29, 0.717) is 43.3 Å². The normalized spacial score (nSPS) is 15.2. The van der Waals surface area contributed by atoms with Gasteiger partial charge in [-0.3, -0.25) is 4.79 Å². The van der Waals surface area contributed by atoms with E-state index in [1.165, 1.54) is 17.5 Å². The number of sulfonamides is 1. The van der Waals surface area contributed by atoms with E-state index >= 15 is 0 Å². The Kier molecular flexibility index (Phi) is 5.56. The topological polar surface area (TPSA) is 95.6 Å². The largest absolute Gasteiger partial charge is 0.495 e. The molecule has 1 N–H and O–H groups in total. The lowest BCUT2D eigenvalue weighted by Crippen LogP contribution is -2.49. The van der Waals surface area contributed by atoms with E-state index in [1.54, 1.807) is 24.3 Å². The predicted octanol–water partition coefficient (Wildman–Crippen LogP) is 1.96. The van der Waals surface area contributed by atoms with Crippen molar-refractivity contribution in [3.05, 3.63) is 71.0 Å². The Balaban J connectivity index is 1.59. The van der Waals surface area contributed by atoms with Gasteiger partial charge in [0.15, 0.2) is 0 Å². The Morgan fingerprint density at radius 1 is 0.967 bits per heavy atom. The molecule has 2 heterocycles. The second-order valence-electron chi connectivity index (χ2n) is 6.87.